The Labute approximate surface area is 498 Å². The number of esters is 3. The molecule has 1 unspecified atom stereocenters. The Morgan fingerprint density at radius 3 is 0.762 bits per heavy atom. The molecule has 0 saturated heterocycles. The van der Waals surface area contributed by atoms with Crippen LogP contribution in [0.3, 0.4) is 0 Å². The lowest BCUT2D eigenvalue weighted by molar-refractivity contribution is -0.167. The van der Waals surface area contributed by atoms with Gasteiger partial charge < -0.3 is 14.2 Å². The van der Waals surface area contributed by atoms with Crippen LogP contribution in [0.4, 0.5) is 0 Å². The molecule has 0 saturated carbocycles. The SMILES string of the molecule is CC/C=C\C/C=C\C/C=C\C/C=C\C/C=C\CCCCCCCC(=O)OC(COC(=O)CCCCCCCCCCCCCCC)COC(=O)CCCCCCCCCCCCCCCCCCCCCCCCCCCCCC. The van der Waals surface area contributed by atoms with Gasteiger partial charge in [-0.25, -0.2) is 0 Å². The van der Waals surface area contributed by atoms with E-state index in [1.807, 2.05) is 0 Å². The Morgan fingerprint density at radius 2 is 0.487 bits per heavy atom. The number of hydrogen-bond acceptors (Lipinski definition) is 6. The van der Waals surface area contributed by atoms with E-state index in [1.165, 1.54) is 225 Å². The first-order chi connectivity index (χ1) is 39.5. The number of unbranched alkanes of at least 4 members (excludes halogenated alkanes) is 44. The van der Waals surface area contributed by atoms with Crippen LogP contribution in [0.2, 0.25) is 0 Å². The normalized spacial score (nSPS) is 12.4. The number of ether oxygens (including phenoxy) is 3. The van der Waals surface area contributed by atoms with Crippen molar-refractivity contribution in [1.29, 1.82) is 0 Å². The van der Waals surface area contributed by atoms with Crippen molar-refractivity contribution in [3.63, 3.8) is 0 Å². The summed E-state index contributed by atoms with van der Waals surface area (Å²) < 4.78 is 17.0. The maximum absolute atomic E-state index is 12.9. The van der Waals surface area contributed by atoms with E-state index < -0.39 is 6.10 Å². The van der Waals surface area contributed by atoms with E-state index in [9.17, 15) is 14.4 Å². The van der Waals surface area contributed by atoms with Gasteiger partial charge in [-0.2, -0.15) is 0 Å². The highest BCUT2D eigenvalue weighted by Crippen LogP contribution is 2.18. The van der Waals surface area contributed by atoms with Gasteiger partial charge >= 0.3 is 17.9 Å². The van der Waals surface area contributed by atoms with E-state index in [0.717, 1.165) is 109 Å². The van der Waals surface area contributed by atoms with Gasteiger partial charge in [-0.15, -0.1) is 0 Å². The lowest BCUT2D eigenvalue weighted by Gasteiger charge is -2.18. The number of carbonyl (C=O) groups is 3. The maximum atomic E-state index is 12.9. The van der Waals surface area contributed by atoms with Crippen LogP contribution in [0.25, 0.3) is 0 Å². The topological polar surface area (TPSA) is 78.9 Å². The summed E-state index contributed by atoms with van der Waals surface area (Å²) in [7, 11) is 0. The van der Waals surface area contributed by atoms with Crippen LogP contribution in [0.5, 0.6) is 0 Å². The number of rotatable bonds is 65. The Kier molecular flexibility index (Phi) is 66.1. The van der Waals surface area contributed by atoms with Gasteiger partial charge in [0, 0.05) is 19.3 Å². The molecule has 0 aliphatic rings. The van der Waals surface area contributed by atoms with Crippen molar-refractivity contribution in [3.8, 4) is 0 Å². The van der Waals surface area contributed by atoms with E-state index >= 15 is 0 Å². The lowest BCUT2D eigenvalue weighted by Crippen LogP contribution is -2.30. The quantitative estimate of drug-likeness (QED) is 0.0261. The fraction of sp³-hybridized carbons (Fsp3) is 0.824. The zero-order chi connectivity index (χ0) is 57.8. The predicted octanol–water partition coefficient (Wildman–Crippen LogP) is 24.3. The minimum Gasteiger partial charge on any atom is -0.462 e. The molecule has 0 spiro atoms. The molecule has 0 aliphatic carbocycles. The summed E-state index contributed by atoms with van der Waals surface area (Å²) in [6.07, 6.45) is 88.3. The Bertz CT molecular complexity index is 1430. The number of hydrogen-bond donors (Lipinski definition) is 0. The summed E-state index contributed by atoms with van der Waals surface area (Å²) in [6, 6.07) is 0. The maximum Gasteiger partial charge on any atom is 0.306 e. The zero-order valence-electron chi connectivity index (χ0n) is 53.6. The lowest BCUT2D eigenvalue weighted by atomic mass is 10.0. The van der Waals surface area contributed by atoms with E-state index in [2.05, 4.69) is 81.5 Å². The second kappa shape index (κ2) is 68.6. The minimum absolute atomic E-state index is 0.0774. The Balaban J connectivity index is 4.24. The van der Waals surface area contributed by atoms with Crippen LogP contribution in [0.1, 0.15) is 374 Å². The van der Waals surface area contributed by atoms with E-state index in [0.29, 0.717) is 19.3 Å². The van der Waals surface area contributed by atoms with Crippen molar-refractivity contribution >= 4 is 17.9 Å². The van der Waals surface area contributed by atoms with Gasteiger partial charge in [-0.05, 0) is 64.2 Å². The van der Waals surface area contributed by atoms with Crippen LogP contribution in [-0.2, 0) is 28.6 Å². The molecule has 0 N–H and O–H groups in total. The average molecular weight is 1120 g/mol. The average Bonchev–Trinajstić information content (AvgIpc) is 3.46. The number of allylic oxidation sites excluding steroid dienone is 10. The summed E-state index contributed by atoms with van der Waals surface area (Å²) in [4.78, 5) is 38.4. The fourth-order valence-electron chi connectivity index (χ4n) is 10.5. The minimum atomic E-state index is -0.783. The van der Waals surface area contributed by atoms with E-state index in [4.69, 9.17) is 14.2 Å². The first kappa shape index (κ1) is 77.1. The molecule has 0 heterocycles. The second-order valence-electron chi connectivity index (χ2n) is 23.8. The van der Waals surface area contributed by atoms with Crippen molar-refractivity contribution < 1.29 is 28.6 Å². The van der Waals surface area contributed by atoms with Crippen LogP contribution >= 0.6 is 0 Å². The molecular formula is C74H134O6. The molecule has 1 atom stereocenters. The van der Waals surface area contributed by atoms with Crippen LogP contribution in [0, 0.1) is 0 Å². The molecule has 0 aromatic carbocycles. The monoisotopic (exact) mass is 1120 g/mol. The molecule has 0 bridgehead atoms. The summed E-state index contributed by atoms with van der Waals surface area (Å²) >= 11 is 0. The van der Waals surface area contributed by atoms with Crippen molar-refractivity contribution in [2.45, 2.75) is 380 Å². The summed E-state index contributed by atoms with van der Waals surface area (Å²) in [5.74, 6) is -0.872. The van der Waals surface area contributed by atoms with Crippen molar-refractivity contribution in [1.82, 2.24) is 0 Å². The third-order valence-electron chi connectivity index (χ3n) is 15.8. The van der Waals surface area contributed by atoms with Gasteiger partial charge in [-0.1, -0.05) is 351 Å². The molecule has 0 rings (SSSR count). The smallest absolute Gasteiger partial charge is 0.306 e. The molecule has 80 heavy (non-hydrogen) atoms. The van der Waals surface area contributed by atoms with Crippen molar-refractivity contribution in [2.75, 3.05) is 13.2 Å². The van der Waals surface area contributed by atoms with E-state index in [1.54, 1.807) is 0 Å². The van der Waals surface area contributed by atoms with Crippen LogP contribution < -0.4 is 0 Å². The Hall–Kier alpha value is -2.89. The fourth-order valence-corrected chi connectivity index (χ4v) is 10.5. The third kappa shape index (κ3) is 65.9. The standard InChI is InChI=1S/C74H134O6/c1-4-7-10-13-16-19-22-25-27-29-31-33-34-35-36-37-38-39-41-42-44-46-49-52-55-58-61-64-67-73(76)79-70-71(69-78-72(75)66-63-60-57-54-51-48-24-21-18-15-12-9-6-3)80-74(77)68-65-62-59-56-53-50-47-45-43-40-32-30-28-26-23-20-17-14-11-8-5-2/h8,11,17,20,26,28,32,40,45,47,71H,4-7,9-10,12-16,18-19,21-25,27,29-31,33-39,41-44,46,48-70H2,1-3H3/b11-8-,20-17-,28-26-,40-32-,47-45-. The molecular weight excluding hydrogens is 985 g/mol. The first-order valence-corrected chi connectivity index (χ1v) is 35.3. The van der Waals surface area contributed by atoms with Gasteiger partial charge in [-0.3, -0.25) is 14.4 Å². The highest BCUT2D eigenvalue weighted by Gasteiger charge is 2.19. The van der Waals surface area contributed by atoms with Gasteiger partial charge in [0.05, 0.1) is 0 Å². The molecule has 466 valence electrons. The van der Waals surface area contributed by atoms with Gasteiger partial charge in [0.1, 0.15) is 13.2 Å². The van der Waals surface area contributed by atoms with Crippen molar-refractivity contribution in [3.05, 3.63) is 60.8 Å². The number of carbonyl (C=O) groups excluding carboxylic acids is 3. The van der Waals surface area contributed by atoms with Crippen LogP contribution in [-0.4, -0.2) is 37.2 Å². The zero-order valence-corrected chi connectivity index (χ0v) is 53.6. The molecule has 0 amide bonds. The summed E-state index contributed by atoms with van der Waals surface area (Å²) in [5, 5.41) is 0. The van der Waals surface area contributed by atoms with E-state index in [-0.39, 0.29) is 31.1 Å². The predicted molar refractivity (Wildman–Crippen MR) is 348 cm³/mol. The van der Waals surface area contributed by atoms with Gasteiger partial charge in [0.2, 0.25) is 0 Å². The Morgan fingerprint density at radius 1 is 0.263 bits per heavy atom. The van der Waals surface area contributed by atoms with Gasteiger partial charge in [0.15, 0.2) is 6.10 Å². The summed E-state index contributed by atoms with van der Waals surface area (Å²) in [6.45, 7) is 6.57. The van der Waals surface area contributed by atoms with Crippen LogP contribution in [0.15, 0.2) is 60.8 Å². The highest BCUT2D eigenvalue weighted by molar-refractivity contribution is 5.71. The summed E-state index contributed by atoms with van der Waals surface area (Å²) in [5.41, 5.74) is 0. The second-order valence-corrected chi connectivity index (χ2v) is 23.8. The molecule has 0 radical (unpaired) electrons. The third-order valence-corrected chi connectivity index (χ3v) is 15.8. The molecule has 6 heteroatoms. The molecule has 0 fully saturated rings. The van der Waals surface area contributed by atoms with Gasteiger partial charge in [0.25, 0.3) is 0 Å². The largest absolute Gasteiger partial charge is 0.462 e. The van der Waals surface area contributed by atoms with Crippen molar-refractivity contribution in [2.24, 2.45) is 0 Å². The molecule has 6 nitrogen and oxygen atoms in total. The molecule has 0 aromatic heterocycles. The first-order valence-electron chi connectivity index (χ1n) is 35.3. The highest BCUT2D eigenvalue weighted by atomic mass is 16.6. The molecule has 0 aromatic rings. The molecule has 0 aliphatic heterocycles.